The number of fused-ring (bicyclic) bond motifs is 5. The molecule has 2 atom stereocenters. The molecule has 0 spiro atoms. The Morgan fingerprint density at radius 3 is 2.25 bits per heavy atom. The van der Waals surface area contributed by atoms with Gasteiger partial charge in [0.2, 0.25) is 6.79 Å². The molecule has 10 heteroatoms. The minimum absolute atomic E-state index is 0. The molecule has 1 N–H and O–H groups in total. The number of hydrogen-bond donors (Lipinski definition) is 1. The number of quaternary nitrogens is 1. The van der Waals surface area contributed by atoms with Gasteiger partial charge in [-0.3, -0.25) is 4.90 Å². The summed E-state index contributed by atoms with van der Waals surface area (Å²) >= 11 is 0. The zero-order valence-electron chi connectivity index (χ0n) is 27.2. The van der Waals surface area contributed by atoms with E-state index in [0.29, 0.717) is 24.5 Å². The third-order valence-electron chi connectivity index (χ3n) is 9.09. The van der Waals surface area contributed by atoms with Crippen molar-refractivity contribution in [2.45, 2.75) is 58.1 Å². The molecular weight excluding hydrogens is 687 g/mol. The first-order chi connectivity index (χ1) is 22.5. The predicted molar refractivity (Wildman–Crippen MR) is 171 cm³/mol. The number of ether oxygens (including phenoxy) is 5. The summed E-state index contributed by atoms with van der Waals surface area (Å²) in [5.74, 6) is 1.91. The fourth-order valence-electron chi connectivity index (χ4n) is 6.71. The lowest BCUT2D eigenvalue weighted by atomic mass is 9.80. The summed E-state index contributed by atoms with van der Waals surface area (Å²) in [6, 6.07) is 18.7. The highest BCUT2D eigenvalue weighted by atomic mass is 79.9. The van der Waals surface area contributed by atoms with Crippen LogP contribution in [-0.4, -0.2) is 32.9 Å². The van der Waals surface area contributed by atoms with Crippen LogP contribution in [0.25, 0.3) is 5.70 Å². The number of methoxy groups -OCH3 is 1. The number of nitrogens with one attached hydrogen (secondary N) is 1. The second-order valence-corrected chi connectivity index (χ2v) is 13.2. The lowest BCUT2D eigenvalue weighted by Gasteiger charge is -2.36. The van der Waals surface area contributed by atoms with Crippen molar-refractivity contribution >= 4 is 5.70 Å². The van der Waals surface area contributed by atoms with Gasteiger partial charge in [-0.25, -0.2) is 0 Å². The Kier molecular flexibility index (Phi) is 9.28. The second kappa shape index (κ2) is 13.1. The highest BCUT2D eigenvalue weighted by molar-refractivity contribution is 5.77. The van der Waals surface area contributed by atoms with E-state index in [9.17, 15) is 13.2 Å². The van der Waals surface area contributed by atoms with Gasteiger partial charge < -0.3 is 40.7 Å². The molecule has 0 bridgehead atoms. The average Bonchev–Trinajstić information content (AvgIpc) is 3.49. The molecular formula is C38H37BrF3NO5. The zero-order valence-corrected chi connectivity index (χ0v) is 28.8. The molecule has 0 saturated heterocycles. The standard InChI is InChI=1S/C38H36F3NO5.BrH/c1-37(2,3)26-9-5-24(6-10-26)21-44-36-31-20-42-16-15-25-18-33-34(46-22-45-33)19-29(25)35(42)30(28(31)13-14-32(36)43-4)17-23-7-11-27(12-8-23)47-38(39,40)41;/h5-14,18-20,36H,15-17,21-22H2,1-4H3;1H. The van der Waals surface area contributed by atoms with Crippen LogP contribution in [-0.2, 0) is 34.3 Å². The predicted octanol–water partition coefficient (Wildman–Crippen LogP) is 3.96. The van der Waals surface area contributed by atoms with Crippen molar-refractivity contribution in [3.63, 3.8) is 0 Å². The molecule has 252 valence electrons. The molecule has 48 heavy (non-hydrogen) atoms. The number of rotatable bonds is 7. The molecule has 3 heterocycles. The maximum absolute atomic E-state index is 12.9. The van der Waals surface area contributed by atoms with Gasteiger partial charge in [0.15, 0.2) is 11.5 Å². The van der Waals surface area contributed by atoms with Gasteiger partial charge in [0, 0.05) is 29.6 Å². The smallest absolute Gasteiger partial charge is 0.573 e. The molecule has 0 amide bonds. The molecule has 4 aliphatic rings. The first-order valence-corrected chi connectivity index (χ1v) is 15.7. The average molecular weight is 725 g/mol. The van der Waals surface area contributed by atoms with Gasteiger partial charge in [-0.15, -0.1) is 13.2 Å². The molecule has 3 aromatic carbocycles. The van der Waals surface area contributed by atoms with Crippen LogP contribution in [0.15, 0.2) is 101 Å². The summed E-state index contributed by atoms with van der Waals surface area (Å²) in [4.78, 5) is 1.18. The maximum atomic E-state index is 12.9. The lowest BCUT2D eigenvalue weighted by molar-refractivity contribution is -0.771. The first kappa shape index (κ1) is 33.9. The second-order valence-electron chi connectivity index (χ2n) is 13.2. The van der Waals surface area contributed by atoms with E-state index in [1.165, 1.54) is 28.2 Å². The Hall–Kier alpha value is -3.99. The number of benzene rings is 3. The molecule has 0 fully saturated rings. The minimum atomic E-state index is -4.75. The van der Waals surface area contributed by atoms with Crippen molar-refractivity contribution in [3.8, 4) is 17.2 Å². The van der Waals surface area contributed by atoms with Gasteiger partial charge in [0.05, 0.1) is 20.3 Å². The van der Waals surface area contributed by atoms with Crippen molar-refractivity contribution < 1.29 is 58.7 Å². The third-order valence-corrected chi connectivity index (χ3v) is 9.09. The molecule has 0 saturated carbocycles. The van der Waals surface area contributed by atoms with E-state index in [4.69, 9.17) is 18.9 Å². The first-order valence-electron chi connectivity index (χ1n) is 15.7. The van der Waals surface area contributed by atoms with E-state index in [1.54, 1.807) is 19.2 Å². The van der Waals surface area contributed by atoms with Gasteiger partial charge in [-0.05, 0) is 63.6 Å². The van der Waals surface area contributed by atoms with E-state index >= 15 is 0 Å². The van der Waals surface area contributed by atoms with Crippen LogP contribution < -0.4 is 36.1 Å². The van der Waals surface area contributed by atoms with Crippen LogP contribution in [0.1, 0.15) is 48.6 Å². The van der Waals surface area contributed by atoms with Crippen molar-refractivity contribution in [2.75, 3.05) is 20.4 Å². The van der Waals surface area contributed by atoms with E-state index in [0.717, 1.165) is 57.8 Å². The van der Waals surface area contributed by atoms with Crippen LogP contribution in [0.2, 0.25) is 0 Å². The minimum Gasteiger partial charge on any atom is -1.00 e. The SMILES string of the molecule is COC1=CC=C2C(=C[NH+]3CCc4cc5c(cc4C3=C2Cc2ccc(OC(F)(F)F)cc2)OCO5)C1OCc1ccc(C(C)(C)C)cc1.[Br-]. The summed E-state index contributed by atoms with van der Waals surface area (Å²) in [6.45, 7) is 7.98. The zero-order chi connectivity index (χ0) is 32.9. The van der Waals surface area contributed by atoms with Gasteiger partial charge in [-0.1, -0.05) is 63.2 Å². The number of alkyl halides is 3. The number of hydrogen-bond acceptors (Lipinski definition) is 5. The van der Waals surface area contributed by atoms with E-state index in [1.807, 2.05) is 6.08 Å². The maximum Gasteiger partial charge on any atom is 0.573 e. The normalized spacial score (nSPS) is 19.6. The number of allylic oxidation sites excluding steroid dienone is 3. The number of halogens is 4. The van der Waals surface area contributed by atoms with Crippen LogP contribution in [0, 0.1) is 0 Å². The molecule has 3 aliphatic heterocycles. The van der Waals surface area contributed by atoms with Gasteiger partial charge in [0.1, 0.15) is 29.5 Å². The fourth-order valence-corrected chi connectivity index (χ4v) is 6.71. The van der Waals surface area contributed by atoms with Crippen LogP contribution >= 0.6 is 0 Å². The topological polar surface area (TPSA) is 50.6 Å². The van der Waals surface area contributed by atoms with Crippen molar-refractivity contribution in [2.24, 2.45) is 0 Å². The van der Waals surface area contributed by atoms with Crippen LogP contribution in [0.3, 0.4) is 0 Å². The molecule has 7 rings (SSSR count). The van der Waals surface area contributed by atoms with E-state index in [2.05, 4.69) is 74.2 Å². The van der Waals surface area contributed by atoms with Crippen molar-refractivity contribution in [3.05, 3.63) is 129 Å². The molecule has 2 unspecified atom stereocenters. The highest BCUT2D eigenvalue weighted by Crippen LogP contribution is 2.43. The summed E-state index contributed by atoms with van der Waals surface area (Å²) < 4.78 is 66.6. The fraction of sp³-hybridized carbons (Fsp3) is 0.316. The quantitative estimate of drug-likeness (QED) is 0.401. The molecule has 0 radical (unpaired) electrons. The van der Waals surface area contributed by atoms with Crippen LogP contribution in [0.5, 0.6) is 17.2 Å². The van der Waals surface area contributed by atoms with Gasteiger partial charge >= 0.3 is 6.36 Å². The molecule has 0 aromatic heterocycles. The molecule has 3 aromatic rings. The lowest BCUT2D eigenvalue weighted by Crippen LogP contribution is -3.06. The summed E-state index contributed by atoms with van der Waals surface area (Å²) in [6.07, 6.45) is 2.38. The Balaban J connectivity index is 0.00000401. The van der Waals surface area contributed by atoms with Gasteiger partial charge in [-0.2, -0.15) is 0 Å². The Bertz CT molecular complexity index is 1820. The summed E-state index contributed by atoms with van der Waals surface area (Å²) in [5.41, 5.74) is 9.69. The largest absolute Gasteiger partial charge is 1.00 e. The molecule has 1 aliphatic carbocycles. The third kappa shape index (κ3) is 6.79. The Morgan fingerprint density at radius 1 is 0.896 bits per heavy atom. The molecule has 6 nitrogen and oxygen atoms in total. The van der Waals surface area contributed by atoms with Gasteiger partial charge in [0.25, 0.3) is 0 Å². The van der Waals surface area contributed by atoms with E-state index in [-0.39, 0.29) is 34.9 Å². The summed E-state index contributed by atoms with van der Waals surface area (Å²) in [5, 5.41) is 0. The Labute approximate surface area is 288 Å². The van der Waals surface area contributed by atoms with Crippen LogP contribution in [0.4, 0.5) is 13.2 Å². The Morgan fingerprint density at radius 2 is 1.58 bits per heavy atom. The monoisotopic (exact) mass is 723 g/mol. The highest BCUT2D eigenvalue weighted by Gasteiger charge is 2.40. The summed E-state index contributed by atoms with van der Waals surface area (Å²) in [7, 11) is 1.65. The van der Waals surface area contributed by atoms with Crippen molar-refractivity contribution in [1.29, 1.82) is 0 Å². The van der Waals surface area contributed by atoms with E-state index < -0.39 is 12.5 Å². The van der Waals surface area contributed by atoms with Crippen molar-refractivity contribution in [1.82, 2.24) is 0 Å².